The lowest BCUT2D eigenvalue weighted by Crippen LogP contribution is -1.97. The Kier molecular flexibility index (Phi) is 7.38. The molecule has 0 spiro atoms. The first-order valence-corrected chi connectivity index (χ1v) is 7.71. The molecule has 1 heterocycles. The van der Waals surface area contributed by atoms with E-state index in [0.717, 1.165) is 41.7 Å². The lowest BCUT2D eigenvalue weighted by atomic mass is 10.1. The Bertz CT molecular complexity index is 612. The monoisotopic (exact) mass is 282 g/mol. The van der Waals surface area contributed by atoms with Gasteiger partial charge in [-0.2, -0.15) is 0 Å². The maximum atomic E-state index is 4.65. The third-order valence-electron chi connectivity index (χ3n) is 3.20. The van der Waals surface area contributed by atoms with E-state index >= 15 is 0 Å². The average Bonchev–Trinajstić information content (AvgIpc) is 2.52. The molecule has 0 aliphatic rings. The van der Waals surface area contributed by atoms with Crippen molar-refractivity contribution in [2.75, 3.05) is 0 Å². The van der Waals surface area contributed by atoms with Gasteiger partial charge in [-0.3, -0.25) is 0 Å². The van der Waals surface area contributed by atoms with Crippen LogP contribution in [0.15, 0.2) is 43.0 Å². The Morgan fingerprint density at radius 3 is 2.33 bits per heavy atom. The van der Waals surface area contributed by atoms with Crippen molar-refractivity contribution in [1.82, 2.24) is 9.97 Å². The molecule has 0 aliphatic heterocycles. The van der Waals surface area contributed by atoms with E-state index in [1.165, 1.54) is 5.57 Å². The first-order valence-electron chi connectivity index (χ1n) is 7.71. The number of allylic oxidation sites excluding steroid dienone is 3. The zero-order valence-electron chi connectivity index (χ0n) is 13.7. The van der Waals surface area contributed by atoms with Gasteiger partial charge < -0.3 is 0 Å². The number of aryl methyl sites for hydroxylation is 1. The first-order chi connectivity index (χ1) is 10.2. The van der Waals surface area contributed by atoms with E-state index in [-0.39, 0.29) is 0 Å². The van der Waals surface area contributed by atoms with Crippen LogP contribution in [-0.4, -0.2) is 9.97 Å². The molecule has 2 heteroatoms. The molecule has 1 aromatic carbocycles. The van der Waals surface area contributed by atoms with Crippen LogP contribution in [-0.2, 0) is 0 Å². The molecule has 0 atom stereocenters. The number of fused-ring (bicyclic) bond motifs is 1. The quantitative estimate of drug-likeness (QED) is 0.670. The summed E-state index contributed by atoms with van der Waals surface area (Å²) >= 11 is 0. The minimum Gasteiger partial charge on any atom is -0.233 e. The predicted molar refractivity (Wildman–Crippen MR) is 93.3 cm³/mol. The number of benzene rings is 1. The topological polar surface area (TPSA) is 25.8 Å². The van der Waals surface area contributed by atoms with Crippen molar-refractivity contribution in [1.29, 1.82) is 0 Å². The van der Waals surface area contributed by atoms with E-state index in [4.69, 9.17) is 0 Å². The van der Waals surface area contributed by atoms with Gasteiger partial charge in [0.2, 0.25) is 0 Å². The maximum Gasteiger partial charge on any atom is 0.155 e. The second kappa shape index (κ2) is 9.06. The van der Waals surface area contributed by atoms with Gasteiger partial charge >= 0.3 is 0 Å². The van der Waals surface area contributed by atoms with Gasteiger partial charge in [0, 0.05) is 11.1 Å². The van der Waals surface area contributed by atoms with Gasteiger partial charge in [0.1, 0.15) is 0 Å². The first kappa shape index (κ1) is 17.1. The van der Waals surface area contributed by atoms with Crippen LogP contribution < -0.4 is 0 Å². The minimum atomic E-state index is 0.880. The minimum absolute atomic E-state index is 0.880. The number of nitrogens with zero attached hydrogens (tertiary/aromatic N) is 2. The Labute approximate surface area is 128 Å². The molecule has 2 rings (SSSR count). The fourth-order valence-corrected chi connectivity index (χ4v) is 2.02. The summed E-state index contributed by atoms with van der Waals surface area (Å²) < 4.78 is 0. The van der Waals surface area contributed by atoms with E-state index in [1.54, 1.807) is 0 Å². The van der Waals surface area contributed by atoms with E-state index in [2.05, 4.69) is 49.5 Å². The molecule has 0 saturated heterocycles. The Morgan fingerprint density at radius 1 is 1.10 bits per heavy atom. The molecule has 0 unspecified atom stereocenters. The van der Waals surface area contributed by atoms with Crippen LogP contribution in [0.1, 0.15) is 51.6 Å². The Morgan fingerprint density at radius 2 is 1.76 bits per heavy atom. The standard InChI is InChI=1S/C15H18N2.C4H8/c1-4-8-12(5-2)15-16-11(3)13-9-6-7-10-14(13)17-15;1-3-4-2/h6-10H,4-5H2,1-3H3;3H,1,4H2,2H3/b12-8+;. The second-order valence-electron chi connectivity index (χ2n) is 4.84. The van der Waals surface area contributed by atoms with Gasteiger partial charge in [-0.05, 0) is 37.8 Å². The highest BCUT2D eigenvalue weighted by atomic mass is 14.9. The Balaban J connectivity index is 0.000000491. The fourth-order valence-electron chi connectivity index (χ4n) is 2.02. The second-order valence-corrected chi connectivity index (χ2v) is 4.84. The van der Waals surface area contributed by atoms with Gasteiger partial charge in [-0.1, -0.05) is 51.1 Å². The maximum absolute atomic E-state index is 4.65. The third kappa shape index (κ3) is 4.82. The molecule has 0 fully saturated rings. The number of hydrogen-bond donors (Lipinski definition) is 0. The summed E-state index contributed by atoms with van der Waals surface area (Å²) in [4.78, 5) is 9.26. The molecule has 1 aromatic heterocycles. The molecule has 0 bridgehead atoms. The molecule has 0 aliphatic carbocycles. The van der Waals surface area contributed by atoms with Gasteiger partial charge in [0.25, 0.3) is 0 Å². The zero-order chi connectivity index (χ0) is 15.7. The van der Waals surface area contributed by atoms with E-state index in [1.807, 2.05) is 31.2 Å². The van der Waals surface area contributed by atoms with Crippen LogP contribution in [0.5, 0.6) is 0 Å². The highest BCUT2D eigenvalue weighted by molar-refractivity contribution is 5.82. The summed E-state index contributed by atoms with van der Waals surface area (Å²) in [6, 6.07) is 8.17. The Hall–Kier alpha value is -1.96. The van der Waals surface area contributed by atoms with Crippen molar-refractivity contribution in [3.63, 3.8) is 0 Å². The van der Waals surface area contributed by atoms with Crippen molar-refractivity contribution < 1.29 is 0 Å². The molecule has 2 nitrogen and oxygen atoms in total. The largest absolute Gasteiger partial charge is 0.233 e. The highest BCUT2D eigenvalue weighted by Gasteiger charge is 2.06. The van der Waals surface area contributed by atoms with Crippen molar-refractivity contribution in [2.24, 2.45) is 0 Å². The number of aromatic nitrogens is 2. The highest BCUT2D eigenvalue weighted by Crippen LogP contribution is 2.20. The average molecular weight is 282 g/mol. The van der Waals surface area contributed by atoms with Gasteiger partial charge in [0.15, 0.2) is 5.82 Å². The molecule has 0 radical (unpaired) electrons. The number of para-hydroxylation sites is 1. The van der Waals surface area contributed by atoms with Crippen LogP contribution >= 0.6 is 0 Å². The van der Waals surface area contributed by atoms with Crippen molar-refractivity contribution in [2.45, 2.75) is 47.0 Å². The molecule has 2 aromatic rings. The van der Waals surface area contributed by atoms with Gasteiger partial charge in [0.05, 0.1) is 5.52 Å². The van der Waals surface area contributed by atoms with Crippen LogP contribution in [0.4, 0.5) is 0 Å². The summed E-state index contributed by atoms with van der Waals surface area (Å²) in [6.45, 7) is 11.9. The summed E-state index contributed by atoms with van der Waals surface area (Å²) in [5.41, 5.74) is 3.33. The lowest BCUT2D eigenvalue weighted by Gasteiger charge is -2.07. The van der Waals surface area contributed by atoms with E-state index in [0.29, 0.717) is 0 Å². The fraction of sp³-hybridized carbons (Fsp3) is 0.368. The van der Waals surface area contributed by atoms with Crippen LogP contribution in [0.2, 0.25) is 0 Å². The summed E-state index contributed by atoms with van der Waals surface area (Å²) in [7, 11) is 0. The molecule has 0 saturated carbocycles. The normalized spacial score (nSPS) is 11.0. The summed E-state index contributed by atoms with van der Waals surface area (Å²) in [5.74, 6) is 0.880. The zero-order valence-corrected chi connectivity index (χ0v) is 13.7. The SMILES string of the molecule is C=CCC.CC/C=C(\CC)c1nc(C)c2ccccc2n1. The third-order valence-corrected chi connectivity index (χ3v) is 3.20. The van der Waals surface area contributed by atoms with Crippen LogP contribution in [0.25, 0.3) is 16.5 Å². The van der Waals surface area contributed by atoms with Gasteiger partial charge in [-0.15, -0.1) is 6.58 Å². The summed E-state index contributed by atoms with van der Waals surface area (Å²) in [5, 5.41) is 1.14. The van der Waals surface area contributed by atoms with Crippen LogP contribution in [0, 0.1) is 6.92 Å². The van der Waals surface area contributed by atoms with E-state index in [9.17, 15) is 0 Å². The van der Waals surface area contributed by atoms with Crippen molar-refractivity contribution >= 4 is 16.5 Å². The molecule has 21 heavy (non-hydrogen) atoms. The number of rotatable bonds is 4. The van der Waals surface area contributed by atoms with Crippen molar-refractivity contribution in [3.8, 4) is 0 Å². The summed E-state index contributed by atoms with van der Waals surface area (Å²) in [6.07, 6.45) is 7.17. The van der Waals surface area contributed by atoms with Crippen molar-refractivity contribution in [3.05, 3.63) is 54.5 Å². The molecular weight excluding hydrogens is 256 g/mol. The van der Waals surface area contributed by atoms with Crippen LogP contribution in [0.3, 0.4) is 0 Å². The molecular formula is C19H26N2. The van der Waals surface area contributed by atoms with E-state index < -0.39 is 0 Å². The van der Waals surface area contributed by atoms with Gasteiger partial charge in [-0.25, -0.2) is 9.97 Å². The predicted octanol–water partition coefficient (Wildman–Crippen LogP) is 5.72. The lowest BCUT2D eigenvalue weighted by molar-refractivity contribution is 1.06. The molecule has 0 N–H and O–H groups in total. The molecule has 112 valence electrons. The molecule has 0 amide bonds. The smallest absolute Gasteiger partial charge is 0.155 e. The number of hydrogen-bond acceptors (Lipinski definition) is 2.